The van der Waals surface area contributed by atoms with Gasteiger partial charge < -0.3 is 22.0 Å². The first-order valence-electron chi connectivity index (χ1n) is 3.43. The Labute approximate surface area is 89.9 Å². The number of nitrogens with two attached hydrogens (primary N) is 3. The normalized spacial score (nSPS) is 10.2. The lowest BCUT2D eigenvalue weighted by molar-refractivity contribution is -0.109. The Hall–Kier alpha value is -0.520. The maximum absolute atomic E-state index is 10.0. The van der Waals surface area contributed by atoms with Crippen LogP contribution in [0.4, 0.5) is 0 Å². The van der Waals surface area contributed by atoms with Crippen molar-refractivity contribution < 1.29 is 4.79 Å². The SMILES string of the molecule is Cl.Cl.NC(N)=NCCC[C@H](N)C=O. The van der Waals surface area contributed by atoms with E-state index in [1.807, 2.05) is 0 Å². The zero-order chi connectivity index (χ0) is 8.69. The largest absolute Gasteiger partial charge is 0.370 e. The van der Waals surface area contributed by atoms with E-state index in [1.54, 1.807) is 0 Å². The Balaban J connectivity index is -0.000000500. The molecule has 5 nitrogen and oxygen atoms in total. The molecule has 0 radical (unpaired) electrons. The minimum Gasteiger partial charge on any atom is -0.370 e. The zero-order valence-electron chi connectivity index (χ0n) is 7.18. The second kappa shape index (κ2) is 11.5. The van der Waals surface area contributed by atoms with Gasteiger partial charge in [0.15, 0.2) is 5.96 Å². The summed E-state index contributed by atoms with van der Waals surface area (Å²) in [6.45, 7) is 0.532. The standard InChI is InChI=1S/C6H14N4O.2ClH/c7-5(4-11)2-1-3-10-6(8)9;;/h4-5H,1-3,7H2,(H4,8,9,10);2*1H/t5-;;/m0../s1. The van der Waals surface area contributed by atoms with Gasteiger partial charge in [0.1, 0.15) is 6.29 Å². The highest BCUT2D eigenvalue weighted by molar-refractivity contribution is 5.85. The van der Waals surface area contributed by atoms with Gasteiger partial charge in [0.2, 0.25) is 0 Å². The predicted octanol–water partition coefficient (Wildman–Crippen LogP) is -0.590. The van der Waals surface area contributed by atoms with Crippen molar-refractivity contribution in [3.05, 3.63) is 0 Å². The Morgan fingerprint density at radius 3 is 2.31 bits per heavy atom. The minimum atomic E-state index is -0.385. The number of guanidine groups is 1. The lowest BCUT2D eigenvalue weighted by Gasteiger charge is -2.00. The van der Waals surface area contributed by atoms with Gasteiger partial charge in [-0.3, -0.25) is 4.99 Å². The fourth-order valence-electron chi connectivity index (χ4n) is 0.603. The molecule has 0 amide bonds. The number of aliphatic imine (C=N–C) groups is 1. The van der Waals surface area contributed by atoms with E-state index < -0.39 is 0 Å². The summed E-state index contributed by atoms with van der Waals surface area (Å²) in [6.07, 6.45) is 2.08. The molecule has 0 saturated heterocycles. The summed E-state index contributed by atoms with van der Waals surface area (Å²) in [5, 5.41) is 0. The molecule has 1 atom stereocenters. The molecule has 7 heteroatoms. The molecule has 0 saturated carbocycles. The van der Waals surface area contributed by atoms with Crippen LogP contribution in [-0.2, 0) is 4.79 Å². The molecule has 0 aromatic heterocycles. The summed E-state index contributed by atoms with van der Waals surface area (Å²) in [6, 6.07) is -0.385. The van der Waals surface area contributed by atoms with Gasteiger partial charge in [-0.15, -0.1) is 24.8 Å². The topological polar surface area (TPSA) is 107 Å². The van der Waals surface area contributed by atoms with Crippen LogP contribution in [0.25, 0.3) is 0 Å². The van der Waals surface area contributed by atoms with Gasteiger partial charge in [0.25, 0.3) is 0 Å². The van der Waals surface area contributed by atoms with Crippen molar-refractivity contribution in [3.8, 4) is 0 Å². The van der Waals surface area contributed by atoms with Gasteiger partial charge in [-0.05, 0) is 12.8 Å². The number of aldehydes is 1. The Kier molecular flexibility index (Phi) is 16.2. The first-order chi connectivity index (χ1) is 5.16. The van der Waals surface area contributed by atoms with E-state index in [2.05, 4.69) is 4.99 Å². The number of nitrogens with zero attached hydrogens (tertiary/aromatic N) is 1. The van der Waals surface area contributed by atoms with Crippen LogP contribution in [0.5, 0.6) is 0 Å². The molecular weight excluding hydrogens is 215 g/mol. The second-order valence-electron chi connectivity index (χ2n) is 2.25. The van der Waals surface area contributed by atoms with Gasteiger partial charge >= 0.3 is 0 Å². The number of rotatable bonds is 5. The highest BCUT2D eigenvalue weighted by atomic mass is 35.5. The summed E-state index contributed by atoms with van der Waals surface area (Å²) in [5.74, 6) is 0.0738. The van der Waals surface area contributed by atoms with Crippen molar-refractivity contribution in [2.75, 3.05) is 6.54 Å². The molecule has 0 bridgehead atoms. The molecular formula is C6H16Cl2N4O. The van der Waals surface area contributed by atoms with Gasteiger partial charge in [0, 0.05) is 6.54 Å². The quantitative estimate of drug-likeness (QED) is 0.254. The van der Waals surface area contributed by atoms with E-state index in [-0.39, 0.29) is 36.8 Å². The van der Waals surface area contributed by atoms with Crippen molar-refractivity contribution in [1.82, 2.24) is 0 Å². The molecule has 0 aromatic carbocycles. The minimum absolute atomic E-state index is 0. The smallest absolute Gasteiger partial charge is 0.185 e. The summed E-state index contributed by atoms with van der Waals surface area (Å²) < 4.78 is 0. The third-order valence-electron chi connectivity index (χ3n) is 1.16. The lowest BCUT2D eigenvalue weighted by Crippen LogP contribution is -2.24. The molecule has 13 heavy (non-hydrogen) atoms. The van der Waals surface area contributed by atoms with E-state index in [0.717, 1.165) is 12.7 Å². The number of hydrogen-bond acceptors (Lipinski definition) is 3. The van der Waals surface area contributed by atoms with Crippen molar-refractivity contribution >= 4 is 37.1 Å². The van der Waals surface area contributed by atoms with Gasteiger partial charge in [-0.25, -0.2) is 0 Å². The zero-order valence-corrected chi connectivity index (χ0v) is 8.81. The van der Waals surface area contributed by atoms with Crippen LogP contribution < -0.4 is 17.2 Å². The van der Waals surface area contributed by atoms with Crippen molar-refractivity contribution in [1.29, 1.82) is 0 Å². The molecule has 0 aliphatic heterocycles. The van der Waals surface area contributed by atoms with Crippen LogP contribution in [-0.4, -0.2) is 24.8 Å². The summed E-state index contributed by atoms with van der Waals surface area (Å²) in [4.78, 5) is 13.8. The molecule has 0 heterocycles. The second-order valence-corrected chi connectivity index (χ2v) is 2.25. The van der Waals surface area contributed by atoms with E-state index >= 15 is 0 Å². The highest BCUT2D eigenvalue weighted by Gasteiger charge is 1.97. The van der Waals surface area contributed by atoms with Crippen LogP contribution in [0, 0.1) is 0 Å². The van der Waals surface area contributed by atoms with Crippen LogP contribution in [0.2, 0.25) is 0 Å². The third kappa shape index (κ3) is 14.3. The number of carbonyl (C=O) groups excluding carboxylic acids is 1. The van der Waals surface area contributed by atoms with E-state index in [4.69, 9.17) is 17.2 Å². The fourth-order valence-corrected chi connectivity index (χ4v) is 0.603. The van der Waals surface area contributed by atoms with Crippen molar-refractivity contribution in [3.63, 3.8) is 0 Å². The van der Waals surface area contributed by atoms with E-state index in [1.165, 1.54) is 0 Å². The molecule has 0 spiro atoms. The first kappa shape index (κ1) is 18.3. The molecule has 80 valence electrons. The average Bonchev–Trinajstić information content (AvgIpc) is 1.97. The van der Waals surface area contributed by atoms with E-state index in [9.17, 15) is 4.79 Å². The molecule has 0 fully saturated rings. The molecule has 6 N–H and O–H groups in total. The summed E-state index contributed by atoms with van der Waals surface area (Å²) >= 11 is 0. The van der Waals surface area contributed by atoms with Crippen LogP contribution in [0.3, 0.4) is 0 Å². The summed E-state index contributed by atoms with van der Waals surface area (Å²) in [7, 11) is 0. The van der Waals surface area contributed by atoms with Crippen molar-refractivity contribution in [2.24, 2.45) is 22.2 Å². The third-order valence-corrected chi connectivity index (χ3v) is 1.16. The van der Waals surface area contributed by atoms with E-state index in [0.29, 0.717) is 13.0 Å². The molecule has 0 rings (SSSR count). The average molecular weight is 231 g/mol. The lowest BCUT2D eigenvalue weighted by atomic mass is 10.2. The number of carbonyl (C=O) groups is 1. The first-order valence-corrected chi connectivity index (χ1v) is 3.43. The summed E-state index contributed by atoms with van der Waals surface area (Å²) in [5.41, 5.74) is 15.4. The molecule has 0 aliphatic rings. The van der Waals surface area contributed by atoms with Gasteiger partial charge in [-0.2, -0.15) is 0 Å². The van der Waals surface area contributed by atoms with Crippen LogP contribution >= 0.6 is 24.8 Å². The maximum Gasteiger partial charge on any atom is 0.185 e. The Morgan fingerprint density at radius 1 is 1.38 bits per heavy atom. The fraction of sp³-hybridized carbons (Fsp3) is 0.667. The van der Waals surface area contributed by atoms with Gasteiger partial charge in [-0.1, -0.05) is 0 Å². The van der Waals surface area contributed by atoms with Crippen LogP contribution in [0.15, 0.2) is 4.99 Å². The highest BCUT2D eigenvalue weighted by Crippen LogP contribution is 1.91. The monoisotopic (exact) mass is 230 g/mol. The molecule has 0 unspecified atom stereocenters. The molecule has 0 aromatic rings. The number of halogens is 2. The Bertz CT molecular complexity index is 150. The Morgan fingerprint density at radius 2 is 1.92 bits per heavy atom. The van der Waals surface area contributed by atoms with Gasteiger partial charge in [0.05, 0.1) is 6.04 Å². The van der Waals surface area contributed by atoms with Crippen LogP contribution in [0.1, 0.15) is 12.8 Å². The number of hydrogen-bond donors (Lipinski definition) is 3. The maximum atomic E-state index is 10.0. The predicted molar refractivity (Wildman–Crippen MR) is 58.4 cm³/mol. The molecule has 0 aliphatic carbocycles. The van der Waals surface area contributed by atoms with Crippen molar-refractivity contribution in [2.45, 2.75) is 18.9 Å².